The second kappa shape index (κ2) is 6.38. The first kappa shape index (κ1) is 16.1. The van der Waals surface area contributed by atoms with Gasteiger partial charge in [0.15, 0.2) is 4.73 Å². The summed E-state index contributed by atoms with van der Waals surface area (Å²) in [5, 5.41) is 1.03. The van der Waals surface area contributed by atoms with Gasteiger partial charge in [0.2, 0.25) is 0 Å². The third-order valence-electron chi connectivity index (χ3n) is 4.09. The Kier molecular flexibility index (Phi) is 4.67. The molecule has 0 N–H and O–H groups in total. The highest BCUT2D eigenvalue weighted by Crippen LogP contribution is 2.40. The van der Waals surface area contributed by atoms with Gasteiger partial charge in [0.25, 0.3) is 0 Å². The number of nitrogens with zero attached hydrogens (tertiary/aromatic N) is 2. The third-order valence-corrected chi connectivity index (χ3v) is 5.37. The summed E-state index contributed by atoms with van der Waals surface area (Å²) in [5.41, 5.74) is 1.80. The second-order valence-electron chi connectivity index (χ2n) is 5.64. The average Bonchev–Trinajstić information content (AvgIpc) is 3.01. The van der Waals surface area contributed by atoms with Gasteiger partial charge >= 0.3 is 5.97 Å². The fourth-order valence-electron chi connectivity index (χ4n) is 3.08. The largest absolute Gasteiger partial charge is 0.466 e. The van der Waals surface area contributed by atoms with Gasteiger partial charge < -0.3 is 9.30 Å². The SMILES string of the molecule is CC(=O)OCC1CCC(n2c(Br)nc3cc(Cl)c(Cl)cc32)C1. The van der Waals surface area contributed by atoms with Gasteiger partial charge in [-0.3, -0.25) is 4.79 Å². The molecule has 2 aromatic rings. The molecule has 0 amide bonds. The maximum atomic E-state index is 10.9. The first-order valence-electron chi connectivity index (χ1n) is 7.11. The molecule has 118 valence electrons. The second-order valence-corrected chi connectivity index (χ2v) is 7.17. The number of carbonyl (C=O) groups is 1. The minimum absolute atomic E-state index is 0.223. The van der Waals surface area contributed by atoms with Crippen LogP contribution in [0.15, 0.2) is 16.9 Å². The Hall–Kier alpha value is -0.780. The van der Waals surface area contributed by atoms with Crippen molar-refractivity contribution in [2.75, 3.05) is 6.61 Å². The van der Waals surface area contributed by atoms with Crippen LogP contribution in [0.4, 0.5) is 0 Å². The van der Waals surface area contributed by atoms with Gasteiger partial charge in [0, 0.05) is 13.0 Å². The lowest BCUT2D eigenvalue weighted by Gasteiger charge is -2.15. The van der Waals surface area contributed by atoms with Gasteiger partial charge in [0.05, 0.1) is 27.7 Å². The summed E-state index contributed by atoms with van der Waals surface area (Å²) in [6.07, 6.45) is 3.01. The van der Waals surface area contributed by atoms with E-state index in [-0.39, 0.29) is 5.97 Å². The number of esters is 1. The maximum Gasteiger partial charge on any atom is 0.302 e. The molecular formula is C15H15BrCl2N2O2. The molecule has 2 atom stereocenters. The number of hydrogen-bond donors (Lipinski definition) is 0. The van der Waals surface area contributed by atoms with Gasteiger partial charge in [-0.25, -0.2) is 4.98 Å². The van der Waals surface area contributed by atoms with Crippen LogP contribution in [0.2, 0.25) is 10.0 Å². The van der Waals surface area contributed by atoms with Crippen LogP contribution in [0, 0.1) is 5.92 Å². The fraction of sp³-hybridized carbons (Fsp3) is 0.467. The van der Waals surface area contributed by atoms with E-state index >= 15 is 0 Å². The number of aromatic nitrogens is 2. The highest BCUT2D eigenvalue weighted by Gasteiger charge is 2.29. The molecule has 0 aliphatic heterocycles. The number of fused-ring (bicyclic) bond motifs is 1. The van der Waals surface area contributed by atoms with E-state index in [2.05, 4.69) is 25.5 Å². The van der Waals surface area contributed by atoms with Crippen molar-refractivity contribution < 1.29 is 9.53 Å². The summed E-state index contributed by atoms with van der Waals surface area (Å²) in [6.45, 7) is 1.93. The molecular weight excluding hydrogens is 391 g/mol. The minimum Gasteiger partial charge on any atom is -0.466 e. The Balaban J connectivity index is 1.86. The van der Waals surface area contributed by atoms with Crippen LogP contribution < -0.4 is 0 Å². The molecule has 1 saturated carbocycles. The van der Waals surface area contributed by atoms with E-state index in [1.807, 2.05) is 6.07 Å². The summed E-state index contributed by atoms with van der Waals surface area (Å²) in [5.74, 6) is 0.167. The van der Waals surface area contributed by atoms with Crippen molar-refractivity contribution in [2.24, 2.45) is 5.92 Å². The van der Waals surface area contributed by atoms with E-state index in [1.54, 1.807) is 6.07 Å². The molecule has 1 fully saturated rings. The van der Waals surface area contributed by atoms with E-state index < -0.39 is 0 Å². The lowest BCUT2D eigenvalue weighted by molar-refractivity contribution is -0.142. The molecule has 0 radical (unpaired) electrons. The lowest BCUT2D eigenvalue weighted by atomic mass is 10.1. The highest BCUT2D eigenvalue weighted by atomic mass is 79.9. The Morgan fingerprint density at radius 1 is 1.41 bits per heavy atom. The highest BCUT2D eigenvalue weighted by molar-refractivity contribution is 9.10. The van der Waals surface area contributed by atoms with Crippen molar-refractivity contribution in [1.29, 1.82) is 0 Å². The van der Waals surface area contributed by atoms with Crippen LogP contribution in [-0.4, -0.2) is 22.1 Å². The van der Waals surface area contributed by atoms with Crippen LogP contribution in [0.3, 0.4) is 0 Å². The minimum atomic E-state index is -0.223. The Morgan fingerprint density at radius 3 is 2.86 bits per heavy atom. The zero-order valence-electron chi connectivity index (χ0n) is 12.0. The average molecular weight is 406 g/mol. The predicted molar refractivity (Wildman–Crippen MR) is 90.5 cm³/mol. The van der Waals surface area contributed by atoms with E-state index in [0.717, 1.165) is 35.0 Å². The molecule has 1 aromatic carbocycles. The number of benzene rings is 1. The third kappa shape index (κ3) is 3.12. The molecule has 1 aliphatic rings. The predicted octanol–water partition coefficient (Wildman–Crippen LogP) is 5.01. The van der Waals surface area contributed by atoms with Crippen molar-refractivity contribution in [2.45, 2.75) is 32.2 Å². The van der Waals surface area contributed by atoms with Gasteiger partial charge in [0.1, 0.15) is 0 Å². The summed E-state index contributed by atoms with van der Waals surface area (Å²) in [7, 11) is 0. The number of rotatable bonds is 3. The van der Waals surface area contributed by atoms with Crippen LogP contribution in [0.1, 0.15) is 32.2 Å². The summed E-state index contributed by atoms with van der Waals surface area (Å²) in [4.78, 5) is 15.4. The van der Waals surface area contributed by atoms with E-state index in [0.29, 0.717) is 28.6 Å². The fourth-order valence-corrected chi connectivity index (χ4v) is 4.07. The van der Waals surface area contributed by atoms with Crippen LogP contribution in [0.25, 0.3) is 11.0 Å². The van der Waals surface area contributed by atoms with Gasteiger partial charge in [-0.2, -0.15) is 0 Å². The molecule has 1 aromatic heterocycles. The maximum absolute atomic E-state index is 10.9. The van der Waals surface area contributed by atoms with Crippen molar-refractivity contribution in [3.8, 4) is 0 Å². The molecule has 0 bridgehead atoms. The monoisotopic (exact) mass is 404 g/mol. The van der Waals surface area contributed by atoms with E-state index in [1.165, 1.54) is 6.92 Å². The topological polar surface area (TPSA) is 44.1 Å². The standard InChI is InChI=1S/C15H15BrCl2N2O2/c1-8(21)22-7-9-2-3-10(4-9)20-14-6-12(18)11(17)5-13(14)19-15(20)16/h5-6,9-10H,2-4,7H2,1H3. The molecule has 0 spiro atoms. The molecule has 1 aliphatic carbocycles. The zero-order chi connectivity index (χ0) is 15.9. The van der Waals surface area contributed by atoms with Crippen LogP contribution >= 0.6 is 39.1 Å². The molecule has 1 heterocycles. The van der Waals surface area contributed by atoms with Crippen molar-refractivity contribution in [1.82, 2.24) is 9.55 Å². The van der Waals surface area contributed by atoms with Crippen LogP contribution in [0.5, 0.6) is 0 Å². The van der Waals surface area contributed by atoms with Crippen molar-refractivity contribution in [3.05, 3.63) is 26.9 Å². The molecule has 7 heteroatoms. The van der Waals surface area contributed by atoms with Crippen molar-refractivity contribution >= 4 is 56.1 Å². The zero-order valence-corrected chi connectivity index (χ0v) is 15.1. The summed E-state index contributed by atoms with van der Waals surface area (Å²) >= 11 is 15.7. The van der Waals surface area contributed by atoms with Gasteiger partial charge in [-0.05, 0) is 53.2 Å². The summed E-state index contributed by atoms with van der Waals surface area (Å²) < 4.78 is 8.06. The van der Waals surface area contributed by atoms with Crippen molar-refractivity contribution in [3.63, 3.8) is 0 Å². The van der Waals surface area contributed by atoms with E-state index in [9.17, 15) is 4.79 Å². The molecule has 4 nitrogen and oxygen atoms in total. The quantitative estimate of drug-likeness (QED) is 0.674. The van der Waals surface area contributed by atoms with Gasteiger partial charge in [-0.15, -0.1) is 0 Å². The Morgan fingerprint density at radius 2 is 2.14 bits per heavy atom. The number of imidazole rings is 1. The number of carbonyl (C=O) groups excluding carboxylic acids is 1. The smallest absolute Gasteiger partial charge is 0.302 e. The summed E-state index contributed by atoms with van der Waals surface area (Å²) in [6, 6.07) is 3.96. The first-order valence-corrected chi connectivity index (χ1v) is 8.66. The van der Waals surface area contributed by atoms with Crippen LogP contribution in [-0.2, 0) is 9.53 Å². The number of halogens is 3. The molecule has 3 rings (SSSR count). The number of ether oxygens (including phenoxy) is 1. The molecule has 22 heavy (non-hydrogen) atoms. The normalized spacial score (nSPS) is 21.5. The lowest BCUT2D eigenvalue weighted by Crippen LogP contribution is -2.11. The molecule has 2 unspecified atom stereocenters. The first-order chi connectivity index (χ1) is 10.5. The van der Waals surface area contributed by atoms with Gasteiger partial charge in [-0.1, -0.05) is 23.2 Å². The molecule has 0 saturated heterocycles. The number of hydrogen-bond acceptors (Lipinski definition) is 3. The van der Waals surface area contributed by atoms with E-state index in [4.69, 9.17) is 27.9 Å². The Bertz CT molecular complexity index is 732. The Labute approximate surface area is 146 Å².